The van der Waals surface area contributed by atoms with Crippen LogP contribution in [0.25, 0.3) is 0 Å². The third-order valence-electron chi connectivity index (χ3n) is 4.56. The van der Waals surface area contributed by atoms with Crippen LogP contribution in [-0.2, 0) is 9.53 Å². The smallest absolute Gasteiger partial charge is 0.335 e. The molecule has 1 fully saturated rings. The Morgan fingerprint density at radius 2 is 2.00 bits per heavy atom. The van der Waals surface area contributed by atoms with Gasteiger partial charge < -0.3 is 9.64 Å². The van der Waals surface area contributed by atoms with E-state index >= 15 is 0 Å². The summed E-state index contributed by atoms with van der Waals surface area (Å²) >= 11 is 0. The minimum absolute atomic E-state index is 0.122. The van der Waals surface area contributed by atoms with E-state index in [1.807, 2.05) is 13.0 Å². The molecule has 3 nitrogen and oxygen atoms in total. The minimum Gasteiger partial charge on any atom is -0.463 e. The van der Waals surface area contributed by atoms with E-state index < -0.39 is 0 Å². The number of allylic oxidation sites excluding steroid dienone is 1. The molecule has 0 bridgehead atoms. The first-order chi connectivity index (χ1) is 11.2. The molecule has 3 heteroatoms. The summed E-state index contributed by atoms with van der Waals surface area (Å²) in [6, 6.07) is 10.8. The summed E-state index contributed by atoms with van der Waals surface area (Å²) < 4.78 is 5.32. The Kier molecular flexibility index (Phi) is 6.69. The van der Waals surface area contributed by atoms with Crippen molar-refractivity contribution in [1.82, 2.24) is 4.90 Å². The summed E-state index contributed by atoms with van der Waals surface area (Å²) in [4.78, 5) is 14.8. The zero-order chi connectivity index (χ0) is 16.7. The summed E-state index contributed by atoms with van der Waals surface area (Å²) in [6.07, 6.45) is 5.04. The topological polar surface area (TPSA) is 29.5 Å². The largest absolute Gasteiger partial charge is 0.463 e. The number of hydrogen-bond acceptors (Lipinski definition) is 3. The highest BCUT2D eigenvalue weighted by Crippen LogP contribution is 2.35. The van der Waals surface area contributed by atoms with Crippen molar-refractivity contribution in [3.63, 3.8) is 0 Å². The van der Waals surface area contributed by atoms with Crippen LogP contribution in [0.15, 0.2) is 41.6 Å². The quantitative estimate of drug-likeness (QED) is 0.532. The van der Waals surface area contributed by atoms with Crippen molar-refractivity contribution >= 4 is 5.97 Å². The van der Waals surface area contributed by atoms with Crippen LogP contribution in [0, 0.1) is 0 Å². The fourth-order valence-corrected chi connectivity index (χ4v) is 3.29. The molecule has 0 unspecified atom stereocenters. The van der Waals surface area contributed by atoms with Gasteiger partial charge in [-0.05, 0) is 45.1 Å². The molecule has 1 aliphatic heterocycles. The fraction of sp³-hybridized carbons (Fsp3) is 0.550. The van der Waals surface area contributed by atoms with Gasteiger partial charge in [-0.25, -0.2) is 4.79 Å². The number of ether oxygens (including phenoxy) is 1. The van der Waals surface area contributed by atoms with Crippen LogP contribution in [0.2, 0.25) is 0 Å². The highest BCUT2D eigenvalue weighted by Gasteiger charge is 2.28. The Bertz CT molecular complexity index is 536. The zero-order valence-electron chi connectivity index (χ0n) is 14.7. The molecule has 0 radical (unpaired) electrons. The van der Waals surface area contributed by atoms with Crippen LogP contribution < -0.4 is 0 Å². The Morgan fingerprint density at radius 1 is 1.26 bits per heavy atom. The molecule has 0 N–H and O–H groups in total. The number of rotatable bonds is 7. The van der Waals surface area contributed by atoms with E-state index in [1.165, 1.54) is 11.3 Å². The van der Waals surface area contributed by atoms with Gasteiger partial charge in [0.25, 0.3) is 0 Å². The van der Waals surface area contributed by atoms with Crippen molar-refractivity contribution in [1.29, 1.82) is 0 Å². The maximum Gasteiger partial charge on any atom is 0.335 e. The number of hydrogen-bond donors (Lipinski definition) is 0. The van der Waals surface area contributed by atoms with Gasteiger partial charge in [0.1, 0.15) is 0 Å². The molecule has 23 heavy (non-hydrogen) atoms. The molecule has 1 heterocycles. The van der Waals surface area contributed by atoms with Gasteiger partial charge >= 0.3 is 5.97 Å². The molecule has 0 aliphatic carbocycles. The van der Waals surface area contributed by atoms with Crippen molar-refractivity contribution in [3.8, 4) is 0 Å². The van der Waals surface area contributed by atoms with Gasteiger partial charge in [-0.2, -0.15) is 0 Å². The van der Waals surface area contributed by atoms with Crippen LogP contribution in [0.4, 0.5) is 0 Å². The molecule has 1 aromatic rings. The summed E-state index contributed by atoms with van der Waals surface area (Å²) in [7, 11) is 0. The molecule has 1 aliphatic rings. The molecule has 0 aromatic heterocycles. The summed E-state index contributed by atoms with van der Waals surface area (Å²) in [6.45, 7) is 7.71. The number of unbranched alkanes of at least 4 members (excludes halogenated alkanes) is 1. The van der Waals surface area contributed by atoms with Crippen LogP contribution in [-0.4, -0.2) is 24.0 Å². The van der Waals surface area contributed by atoms with Gasteiger partial charge in [0.2, 0.25) is 0 Å². The average Bonchev–Trinajstić information content (AvgIpc) is 3.05. The number of carbonyl (C=O) groups is 1. The minimum atomic E-state index is -0.122. The second-order valence-electron chi connectivity index (χ2n) is 6.13. The van der Waals surface area contributed by atoms with E-state index in [2.05, 4.69) is 43.0 Å². The third-order valence-corrected chi connectivity index (χ3v) is 4.56. The van der Waals surface area contributed by atoms with E-state index in [9.17, 15) is 4.79 Å². The molecule has 0 saturated carbocycles. The van der Waals surface area contributed by atoms with E-state index in [0.29, 0.717) is 12.6 Å². The molecular formula is C20H29NO2. The molecule has 0 spiro atoms. The Balaban J connectivity index is 2.29. The van der Waals surface area contributed by atoms with Crippen LogP contribution in [0.5, 0.6) is 0 Å². The molecule has 1 atom stereocenters. The lowest BCUT2D eigenvalue weighted by molar-refractivity contribution is -0.138. The lowest BCUT2D eigenvalue weighted by Gasteiger charge is -2.30. The lowest BCUT2D eigenvalue weighted by Crippen LogP contribution is -2.25. The van der Waals surface area contributed by atoms with Gasteiger partial charge in [0, 0.05) is 12.2 Å². The highest BCUT2D eigenvalue weighted by atomic mass is 16.5. The Labute approximate surface area is 140 Å². The van der Waals surface area contributed by atoms with Crippen LogP contribution in [0.3, 0.4) is 0 Å². The van der Waals surface area contributed by atoms with E-state index in [0.717, 1.165) is 44.2 Å². The average molecular weight is 315 g/mol. The number of nitrogens with zero attached hydrogens (tertiary/aromatic N) is 1. The molecule has 126 valence electrons. The second kappa shape index (κ2) is 8.76. The first-order valence-corrected chi connectivity index (χ1v) is 8.89. The summed E-state index contributed by atoms with van der Waals surface area (Å²) in [5.41, 5.74) is 3.40. The van der Waals surface area contributed by atoms with E-state index in [-0.39, 0.29) is 5.97 Å². The molecule has 2 rings (SSSR count). The normalized spacial score (nSPS) is 18.0. The SMILES string of the molecule is CCCC/C(C(=O)OCC)=C1/CCCN1[C@@H](C)c1ccccc1. The monoisotopic (exact) mass is 315 g/mol. The summed E-state index contributed by atoms with van der Waals surface area (Å²) in [5.74, 6) is -0.122. The maximum absolute atomic E-state index is 12.4. The number of esters is 1. The Hall–Kier alpha value is -1.77. The third kappa shape index (κ3) is 4.37. The molecular weight excluding hydrogens is 286 g/mol. The van der Waals surface area contributed by atoms with Gasteiger partial charge in [-0.1, -0.05) is 43.7 Å². The number of benzene rings is 1. The maximum atomic E-state index is 12.4. The molecule has 1 aromatic carbocycles. The second-order valence-corrected chi connectivity index (χ2v) is 6.13. The Morgan fingerprint density at radius 3 is 2.65 bits per heavy atom. The van der Waals surface area contributed by atoms with E-state index in [4.69, 9.17) is 4.74 Å². The number of likely N-dealkylation sites (tertiary alicyclic amines) is 1. The fourth-order valence-electron chi connectivity index (χ4n) is 3.29. The van der Waals surface area contributed by atoms with Crippen molar-refractivity contribution in [2.75, 3.05) is 13.2 Å². The van der Waals surface area contributed by atoms with Gasteiger partial charge in [-0.15, -0.1) is 0 Å². The molecule has 1 saturated heterocycles. The van der Waals surface area contributed by atoms with Crippen molar-refractivity contribution in [3.05, 3.63) is 47.2 Å². The lowest BCUT2D eigenvalue weighted by atomic mass is 10.0. The first kappa shape index (κ1) is 17.6. The highest BCUT2D eigenvalue weighted by molar-refractivity contribution is 5.89. The first-order valence-electron chi connectivity index (χ1n) is 8.89. The zero-order valence-corrected chi connectivity index (χ0v) is 14.7. The van der Waals surface area contributed by atoms with Gasteiger partial charge in [-0.3, -0.25) is 0 Å². The molecule has 0 amide bonds. The predicted molar refractivity (Wildman–Crippen MR) is 94.0 cm³/mol. The van der Waals surface area contributed by atoms with E-state index in [1.54, 1.807) is 0 Å². The summed E-state index contributed by atoms with van der Waals surface area (Å²) in [5, 5.41) is 0. The standard InChI is InChI=1S/C20H29NO2/c1-4-6-13-18(20(22)23-5-2)19-14-10-15-21(19)16(3)17-11-8-7-9-12-17/h7-9,11-12,16H,4-6,10,13-15H2,1-3H3/b19-18+/t16-/m0/s1. The number of carbonyl (C=O) groups excluding carboxylic acids is 1. The van der Waals surface area contributed by atoms with Gasteiger partial charge in [0.05, 0.1) is 18.2 Å². The van der Waals surface area contributed by atoms with Crippen molar-refractivity contribution < 1.29 is 9.53 Å². The van der Waals surface area contributed by atoms with Crippen LogP contribution >= 0.6 is 0 Å². The van der Waals surface area contributed by atoms with Crippen LogP contribution in [0.1, 0.15) is 64.5 Å². The van der Waals surface area contributed by atoms with Crippen molar-refractivity contribution in [2.45, 2.75) is 58.9 Å². The predicted octanol–water partition coefficient (Wildman–Crippen LogP) is 4.85. The van der Waals surface area contributed by atoms with Crippen molar-refractivity contribution in [2.24, 2.45) is 0 Å². The van der Waals surface area contributed by atoms with Gasteiger partial charge in [0.15, 0.2) is 0 Å².